The number of anilines is 1. The highest BCUT2D eigenvalue weighted by Crippen LogP contribution is 2.30. The zero-order chi connectivity index (χ0) is 23.0. The van der Waals surface area contributed by atoms with E-state index in [1.54, 1.807) is 24.4 Å². The Balaban J connectivity index is 1.44. The number of hydrogen-bond acceptors (Lipinski definition) is 7. The molecule has 33 heavy (non-hydrogen) atoms. The zero-order valence-corrected chi connectivity index (χ0v) is 19.7. The van der Waals surface area contributed by atoms with Crippen LogP contribution in [-0.2, 0) is 20.3 Å². The second-order valence-electron chi connectivity index (χ2n) is 7.63. The van der Waals surface area contributed by atoms with Crippen molar-refractivity contribution in [2.45, 2.75) is 10.6 Å². The van der Waals surface area contributed by atoms with E-state index < -0.39 is 9.84 Å². The van der Waals surface area contributed by atoms with Crippen LogP contribution < -0.4 is 4.90 Å². The Kier molecular flexibility index (Phi) is 5.96. The Hall–Kier alpha value is -2.72. The second kappa shape index (κ2) is 8.90. The molecule has 0 spiro atoms. The van der Waals surface area contributed by atoms with Crippen molar-refractivity contribution in [1.29, 1.82) is 0 Å². The van der Waals surface area contributed by atoms with Gasteiger partial charge in [0.25, 0.3) is 0 Å². The molecular weight excluding hydrogens is 485 g/mol. The SMILES string of the molecule is O=S(=O)(Cc1ccc(-c2nc(N3CCOCC3)c3cn[nH]c3n2)cc1)c1cc(Cl)ccc1Cl. The van der Waals surface area contributed by atoms with E-state index in [-0.39, 0.29) is 15.7 Å². The molecule has 4 aromatic rings. The molecule has 1 fully saturated rings. The van der Waals surface area contributed by atoms with E-state index in [0.717, 1.165) is 29.9 Å². The number of rotatable bonds is 5. The van der Waals surface area contributed by atoms with Crippen LogP contribution in [0, 0.1) is 0 Å². The van der Waals surface area contributed by atoms with E-state index in [9.17, 15) is 8.42 Å². The molecule has 1 aliphatic heterocycles. The number of morpholine rings is 1. The van der Waals surface area contributed by atoms with Crippen molar-refractivity contribution in [3.05, 3.63) is 64.3 Å². The summed E-state index contributed by atoms with van der Waals surface area (Å²) < 4.78 is 31.2. The number of sulfone groups is 1. The summed E-state index contributed by atoms with van der Waals surface area (Å²) in [7, 11) is -3.67. The Bertz CT molecular complexity index is 1420. The monoisotopic (exact) mass is 503 g/mol. The highest BCUT2D eigenvalue weighted by Gasteiger charge is 2.21. The molecule has 3 heterocycles. The number of aromatic amines is 1. The van der Waals surface area contributed by atoms with E-state index >= 15 is 0 Å². The lowest BCUT2D eigenvalue weighted by Gasteiger charge is -2.28. The highest BCUT2D eigenvalue weighted by atomic mass is 35.5. The number of aromatic nitrogens is 4. The van der Waals surface area contributed by atoms with Crippen LogP contribution in [0.1, 0.15) is 5.56 Å². The van der Waals surface area contributed by atoms with Gasteiger partial charge in [-0.15, -0.1) is 0 Å². The molecule has 1 aliphatic rings. The van der Waals surface area contributed by atoms with Crippen molar-refractivity contribution < 1.29 is 13.2 Å². The Morgan fingerprint density at radius 3 is 2.55 bits per heavy atom. The Morgan fingerprint density at radius 1 is 1.03 bits per heavy atom. The van der Waals surface area contributed by atoms with Crippen LogP contribution in [0.15, 0.2) is 53.6 Å². The van der Waals surface area contributed by atoms with Crippen LogP contribution in [0.25, 0.3) is 22.4 Å². The first kappa shape index (κ1) is 22.1. The number of nitrogens with one attached hydrogen (secondary N) is 1. The third-order valence-corrected chi connectivity index (χ3v) is 7.80. The maximum Gasteiger partial charge on any atom is 0.184 e. The highest BCUT2D eigenvalue weighted by molar-refractivity contribution is 7.90. The summed E-state index contributed by atoms with van der Waals surface area (Å²) in [6.07, 6.45) is 1.72. The molecule has 0 bridgehead atoms. The standard InChI is InChI=1S/C22H19Cl2N5O3S/c23-16-5-6-18(24)19(11-16)33(30,31)13-14-1-3-15(4-2-14)20-26-21-17(12-25-28-21)22(27-20)29-7-9-32-10-8-29/h1-6,11-12H,7-10,13H2,(H,25,26,27,28). The fourth-order valence-electron chi connectivity index (χ4n) is 3.73. The minimum absolute atomic E-state index is 0.0175. The van der Waals surface area contributed by atoms with Crippen LogP contribution in [-0.4, -0.2) is 54.9 Å². The molecular formula is C22H19Cl2N5O3S. The fraction of sp³-hybridized carbons (Fsp3) is 0.227. The van der Waals surface area contributed by atoms with Crippen molar-refractivity contribution in [2.24, 2.45) is 0 Å². The molecule has 2 aromatic carbocycles. The van der Waals surface area contributed by atoms with Crippen molar-refractivity contribution in [2.75, 3.05) is 31.2 Å². The van der Waals surface area contributed by atoms with Crippen molar-refractivity contribution in [3.8, 4) is 11.4 Å². The number of H-pyrrole nitrogens is 1. The molecule has 0 aliphatic carbocycles. The molecule has 0 radical (unpaired) electrons. The Labute approximate surface area is 200 Å². The largest absolute Gasteiger partial charge is 0.378 e. The molecule has 1 saturated heterocycles. The summed E-state index contributed by atoms with van der Waals surface area (Å²) >= 11 is 12.1. The van der Waals surface area contributed by atoms with Crippen LogP contribution in [0.5, 0.6) is 0 Å². The maximum atomic E-state index is 12.9. The lowest BCUT2D eigenvalue weighted by Crippen LogP contribution is -2.37. The number of fused-ring (bicyclic) bond motifs is 1. The van der Waals surface area contributed by atoms with Crippen molar-refractivity contribution in [3.63, 3.8) is 0 Å². The zero-order valence-electron chi connectivity index (χ0n) is 17.3. The molecule has 0 atom stereocenters. The van der Waals surface area contributed by atoms with Gasteiger partial charge in [-0.05, 0) is 23.8 Å². The Morgan fingerprint density at radius 2 is 1.79 bits per heavy atom. The minimum atomic E-state index is -3.67. The summed E-state index contributed by atoms with van der Waals surface area (Å²) in [5, 5.41) is 8.34. The molecule has 5 rings (SSSR count). The van der Waals surface area contributed by atoms with Crippen LogP contribution in [0.4, 0.5) is 5.82 Å². The first-order valence-electron chi connectivity index (χ1n) is 10.2. The predicted octanol–water partition coefficient (Wildman–Crippen LogP) is 4.14. The van der Waals surface area contributed by atoms with Gasteiger partial charge in [0.1, 0.15) is 5.82 Å². The molecule has 11 heteroatoms. The van der Waals surface area contributed by atoms with Gasteiger partial charge in [0, 0.05) is 23.7 Å². The quantitative estimate of drug-likeness (QED) is 0.436. The first-order valence-corrected chi connectivity index (χ1v) is 12.6. The van der Waals surface area contributed by atoms with Gasteiger partial charge < -0.3 is 9.64 Å². The van der Waals surface area contributed by atoms with Gasteiger partial charge in [0.15, 0.2) is 21.3 Å². The molecule has 8 nitrogen and oxygen atoms in total. The van der Waals surface area contributed by atoms with Gasteiger partial charge in [0.05, 0.1) is 40.5 Å². The van der Waals surface area contributed by atoms with Gasteiger partial charge >= 0.3 is 0 Å². The number of benzene rings is 2. The summed E-state index contributed by atoms with van der Waals surface area (Å²) in [6.45, 7) is 2.75. The number of halogens is 2. The van der Waals surface area contributed by atoms with Gasteiger partial charge in [-0.3, -0.25) is 5.10 Å². The smallest absolute Gasteiger partial charge is 0.184 e. The van der Waals surface area contributed by atoms with Gasteiger partial charge in [-0.25, -0.2) is 18.4 Å². The van der Waals surface area contributed by atoms with E-state index in [4.69, 9.17) is 32.9 Å². The molecule has 0 amide bonds. The molecule has 170 valence electrons. The van der Waals surface area contributed by atoms with E-state index in [1.165, 1.54) is 12.1 Å². The van der Waals surface area contributed by atoms with Gasteiger partial charge in [-0.1, -0.05) is 47.5 Å². The molecule has 0 unspecified atom stereocenters. The van der Waals surface area contributed by atoms with Crippen molar-refractivity contribution in [1.82, 2.24) is 20.2 Å². The van der Waals surface area contributed by atoms with E-state index in [0.29, 0.717) is 35.3 Å². The second-order valence-corrected chi connectivity index (χ2v) is 10.4. The summed E-state index contributed by atoms with van der Waals surface area (Å²) in [6, 6.07) is 11.5. The average molecular weight is 504 g/mol. The maximum absolute atomic E-state index is 12.9. The van der Waals surface area contributed by atoms with Crippen molar-refractivity contribution >= 4 is 49.9 Å². The van der Waals surface area contributed by atoms with Crippen LogP contribution in [0.2, 0.25) is 10.0 Å². The topological polar surface area (TPSA) is 101 Å². The predicted molar refractivity (Wildman–Crippen MR) is 128 cm³/mol. The summed E-state index contributed by atoms with van der Waals surface area (Å²) in [5.41, 5.74) is 2.03. The van der Waals surface area contributed by atoms with Gasteiger partial charge in [0.2, 0.25) is 0 Å². The first-order chi connectivity index (χ1) is 15.9. The lowest BCUT2D eigenvalue weighted by molar-refractivity contribution is 0.122. The van der Waals surface area contributed by atoms with Crippen LogP contribution in [0.3, 0.4) is 0 Å². The average Bonchev–Trinajstić information content (AvgIpc) is 3.29. The minimum Gasteiger partial charge on any atom is -0.378 e. The molecule has 0 saturated carbocycles. The van der Waals surface area contributed by atoms with Crippen LogP contribution >= 0.6 is 23.2 Å². The lowest BCUT2D eigenvalue weighted by atomic mass is 10.1. The fourth-order valence-corrected chi connectivity index (χ4v) is 5.89. The summed E-state index contributed by atoms with van der Waals surface area (Å²) in [4.78, 5) is 11.6. The number of hydrogen-bond donors (Lipinski definition) is 1. The molecule has 2 aromatic heterocycles. The number of nitrogens with zero attached hydrogens (tertiary/aromatic N) is 4. The normalized spacial score (nSPS) is 14.7. The van der Waals surface area contributed by atoms with Gasteiger partial charge in [-0.2, -0.15) is 5.10 Å². The third-order valence-electron chi connectivity index (χ3n) is 5.40. The number of ether oxygens (including phenoxy) is 1. The third kappa shape index (κ3) is 4.54. The molecule has 1 N–H and O–H groups in total. The summed E-state index contributed by atoms with van der Waals surface area (Å²) in [5.74, 6) is 1.13. The van der Waals surface area contributed by atoms with E-state index in [2.05, 4.69) is 20.1 Å². The van der Waals surface area contributed by atoms with E-state index in [1.807, 2.05) is 12.1 Å².